The average Bonchev–Trinajstić information content (AvgIpc) is 3.11. The van der Waals surface area contributed by atoms with E-state index in [1.54, 1.807) is 35.4 Å². The van der Waals surface area contributed by atoms with Gasteiger partial charge in [-0.05, 0) is 30.7 Å². The van der Waals surface area contributed by atoms with Crippen molar-refractivity contribution in [3.8, 4) is 0 Å². The predicted molar refractivity (Wildman–Crippen MR) is 85.0 cm³/mol. The summed E-state index contributed by atoms with van der Waals surface area (Å²) in [7, 11) is 0. The monoisotopic (exact) mass is 313 g/mol. The summed E-state index contributed by atoms with van der Waals surface area (Å²) in [4.78, 5) is 28.9. The minimum Gasteiger partial charge on any atom is -0.389 e. The fraction of sp³-hybridized carbons (Fsp3) is 0.294. The lowest BCUT2D eigenvalue weighted by atomic mass is 10.0. The van der Waals surface area contributed by atoms with Gasteiger partial charge in [0.05, 0.1) is 12.1 Å². The fourth-order valence-electron chi connectivity index (χ4n) is 2.77. The lowest BCUT2D eigenvalue weighted by Gasteiger charge is -2.36. The average molecular weight is 313 g/mol. The highest BCUT2D eigenvalue weighted by Crippen LogP contribution is 2.15. The van der Waals surface area contributed by atoms with Gasteiger partial charge in [0.15, 0.2) is 0 Å². The van der Waals surface area contributed by atoms with Crippen LogP contribution in [0.5, 0.6) is 0 Å². The molecule has 1 saturated heterocycles. The molecular formula is C17H19N3O3. The van der Waals surface area contributed by atoms with Crippen LogP contribution in [-0.2, 0) is 0 Å². The quantitative estimate of drug-likeness (QED) is 0.791. The van der Waals surface area contributed by atoms with Gasteiger partial charge in [0.2, 0.25) is 0 Å². The van der Waals surface area contributed by atoms with E-state index >= 15 is 0 Å². The van der Waals surface area contributed by atoms with Crippen molar-refractivity contribution in [2.75, 3.05) is 13.1 Å². The maximum Gasteiger partial charge on any atom is 0.267 e. The minimum absolute atomic E-state index is 0.0983. The number of hydrogen-bond donors (Lipinski definition) is 3. The largest absolute Gasteiger partial charge is 0.389 e. The summed E-state index contributed by atoms with van der Waals surface area (Å²) in [6.07, 6.45) is 1.41. The van der Waals surface area contributed by atoms with Gasteiger partial charge in [-0.25, -0.2) is 0 Å². The zero-order valence-corrected chi connectivity index (χ0v) is 12.6. The van der Waals surface area contributed by atoms with Crippen LogP contribution in [0.25, 0.3) is 0 Å². The molecule has 23 heavy (non-hydrogen) atoms. The van der Waals surface area contributed by atoms with Crippen molar-refractivity contribution in [1.82, 2.24) is 15.2 Å². The molecule has 1 aliphatic rings. The SMILES string of the molecule is O=C(N[C@@H]1CCN(C(=O)c2ccccc2)C[C@H]1O)c1ccc[nH]1. The number of likely N-dealkylation sites (tertiary alicyclic amines) is 1. The molecule has 6 nitrogen and oxygen atoms in total. The van der Waals surface area contributed by atoms with Gasteiger partial charge in [0, 0.05) is 24.8 Å². The molecule has 0 unspecified atom stereocenters. The number of aromatic nitrogens is 1. The molecule has 2 heterocycles. The van der Waals surface area contributed by atoms with Crippen LogP contribution in [0.1, 0.15) is 27.3 Å². The molecule has 3 rings (SSSR count). The van der Waals surface area contributed by atoms with Crippen LogP contribution in [0.2, 0.25) is 0 Å². The smallest absolute Gasteiger partial charge is 0.267 e. The van der Waals surface area contributed by atoms with E-state index in [1.165, 1.54) is 0 Å². The Morgan fingerprint density at radius 1 is 1.17 bits per heavy atom. The lowest BCUT2D eigenvalue weighted by Crippen LogP contribution is -2.55. The van der Waals surface area contributed by atoms with E-state index in [-0.39, 0.29) is 24.4 Å². The first kappa shape index (κ1) is 15.3. The number of nitrogens with one attached hydrogen (secondary N) is 2. The van der Waals surface area contributed by atoms with Crippen molar-refractivity contribution in [3.63, 3.8) is 0 Å². The van der Waals surface area contributed by atoms with E-state index in [0.717, 1.165) is 0 Å². The molecule has 120 valence electrons. The zero-order valence-electron chi connectivity index (χ0n) is 12.6. The van der Waals surface area contributed by atoms with E-state index < -0.39 is 6.10 Å². The predicted octanol–water partition coefficient (Wildman–Crippen LogP) is 1.02. The number of aliphatic hydroxyl groups excluding tert-OH is 1. The van der Waals surface area contributed by atoms with Gasteiger partial charge in [-0.1, -0.05) is 18.2 Å². The van der Waals surface area contributed by atoms with Gasteiger partial charge in [0.25, 0.3) is 11.8 Å². The molecule has 1 aromatic heterocycles. The van der Waals surface area contributed by atoms with Crippen LogP contribution >= 0.6 is 0 Å². The van der Waals surface area contributed by atoms with E-state index in [1.807, 2.05) is 18.2 Å². The van der Waals surface area contributed by atoms with Gasteiger partial charge in [-0.3, -0.25) is 9.59 Å². The first-order chi connectivity index (χ1) is 11.1. The Morgan fingerprint density at radius 3 is 2.61 bits per heavy atom. The Kier molecular flexibility index (Phi) is 4.43. The summed E-state index contributed by atoms with van der Waals surface area (Å²) in [6, 6.07) is 12.1. The number of carbonyl (C=O) groups is 2. The molecule has 3 N–H and O–H groups in total. The molecular weight excluding hydrogens is 294 g/mol. The lowest BCUT2D eigenvalue weighted by molar-refractivity contribution is 0.0314. The molecule has 2 aromatic rings. The number of hydrogen-bond acceptors (Lipinski definition) is 3. The highest BCUT2D eigenvalue weighted by Gasteiger charge is 2.31. The number of amides is 2. The van der Waals surface area contributed by atoms with Crippen molar-refractivity contribution >= 4 is 11.8 Å². The molecule has 0 bridgehead atoms. The Morgan fingerprint density at radius 2 is 1.96 bits per heavy atom. The summed E-state index contributed by atoms with van der Waals surface area (Å²) in [5.74, 6) is -0.347. The van der Waals surface area contributed by atoms with Crippen LogP contribution in [0, 0.1) is 0 Å². The number of β-amino-alcohol motifs (C(OH)–C–C–N with tert-alkyl or cyclic N) is 1. The van der Waals surface area contributed by atoms with E-state index in [4.69, 9.17) is 0 Å². The third-order valence-corrected chi connectivity index (χ3v) is 4.05. The number of H-pyrrole nitrogens is 1. The van der Waals surface area contributed by atoms with Crippen molar-refractivity contribution in [2.45, 2.75) is 18.6 Å². The second-order valence-electron chi connectivity index (χ2n) is 5.64. The van der Waals surface area contributed by atoms with E-state index in [2.05, 4.69) is 10.3 Å². The van der Waals surface area contributed by atoms with Crippen molar-refractivity contribution < 1.29 is 14.7 Å². The number of benzene rings is 1. The Hall–Kier alpha value is -2.60. The Labute approximate surface area is 134 Å². The number of nitrogens with zero attached hydrogens (tertiary/aromatic N) is 1. The molecule has 2 amide bonds. The molecule has 0 saturated carbocycles. The second-order valence-corrected chi connectivity index (χ2v) is 5.64. The number of rotatable bonds is 3. The zero-order chi connectivity index (χ0) is 16.2. The maximum absolute atomic E-state index is 12.4. The van der Waals surface area contributed by atoms with Gasteiger partial charge in [0.1, 0.15) is 5.69 Å². The summed E-state index contributed by atoms with van der Waals surface area (Å²) < 4.78 is 0. The van der Waals surface area contributed by atoms with Crippen LogP contribution in [0.3, 0.4) is 0 Å². The third kappa shape index (κ3) is 3.43. The first-order valence-corrected chi connectivity index (χ1v) is 7.62. The molecule has 2 atom stereocenters. The van der Waals surface area contributed by atoms with Crippen LogP contribution in [0.15, 0.2) is 48.7 Å². The van der Waals surface area contributed by atoms with Gasteiger partial charge in [-0.2, -0.15) is 0 Å². The Balaban J connectivity index is 1.59. The van der Waals surface area contributed by atoms with Crippen molar-refractivity contribution in [1.29, 1.82) is 0 Å². The molecule has 0 aliphatic carbocycles. The number of aromatic amines is 1. The van der Waals surface area contributed by atoms with E-state index in [9.17, 15) is 14.7 Å². The van der Waals surface area contributed by atoms with Gasteiger partial charge < -0.3 is 20.3 Å². The molecule has 0 spiro atoms. The molecule has 1 aliphatic heterocycles. The Bertz CT molecular complexity index is 670. The maximum atomic E-state index is 12.4. The van der Waals surface area contributed by atoms with Gasteiger partial charge in [-0.15, -0.1) is 0 Å². The third-order valence-electron chi connectivity index (χ3n) is 4.05. The molecule has 0 radical (unpaired) electrons. The molecule has 1 aromatic carbocycles. The molecule has 6 heteroatoms. The van der Waals surface area contributed by atoms with Crippen LogP contribution in [0.4, 0.5) is 0 Å². The summed E-state index contributed by atoms with van der Waals surface area (Å²) in [5, 5.41) is 13.1. The highest BCUT2D eigenvalue weighted by molar-refractivity contribution is 5.94. The van der Waals surface area contributed by atoms with Crippen molar-refractivity contribution in [3.05, 3.63) is 59.9 Å². The minimum atomic E-state index is -0.782. The summed E-state index contributed by atoms with van der Waals surface area (Å²) in [5.41, 5.74) is 1.06. The normalized spacial score (nSPS) is 21.0. The fourth-order valence-corrected chi connectivity index (χ4v) is 2.77. The highest BCUT2D eigenvalue weighted by atomic mass is 16.3. The summed E-state index contributed by atoms with van der Waals surface area (Å²) in [6.45, 7) is 0.712. The molecule has 1 fully saturated rings. The van der Waals surface area contributed by atoms with Crippen LogP contribution in [-0.4, -0.2) is 52.0 Å². The van der Waals surface area contributed by atoms with Crippen LogP contribution < -0.4 is 5.32 Å². The summed E-state index contributed by atoms with van der Waals surface area (Å²) >= 11 is 0. The number of piperidine rings is 1. The first-order valence-electron chi connectivity index (χ1n) is 7.62. The number of aliphatic hydroxyl groups is 1. The standard InChI is InChI=1S/C17H19N3O3/c21-15-11-20(17(23)12-5-2-1-3-6-12)10-8-13(15)19-16(22)14-7-4-9-18-14/h1-7,9,13,15,18,21H,8,10-11H2,(H,19,22)/t13-,15-/m1/s1. The number of carbonyl (C=O) groups excluding carboxylic acids is 2. The van der Waals surface area contributed by atoms with Gasteiger partial charge >= 0.3 is 0 Å². The van der Waals surface area contributed by atoms with E-state index in [0.29, 0.717) is 24.2 Å². The topological polar surface area (TPSA) is 85.4 Å². The van der Waals surface area contributed by atoms with Crippen molar-refractivity contribution in [2.24, 2.45) is 0 Å². The second kappa shape index (κ2) is 6.66.